The van der Waals surface area contributed by atoms with Gasteiger partial charge in [-0.05, 0) is 35.4 Å². The van der Waals surface area contributed by atoms with Crippen molar-refractivity contribution in [2.75, 3.05) is 0 Å². The smallest absolute Gasteiger partial charge is 0.282 e. The van der Waals surface area contributed by atoms with Crippen LogP contribution in [-0.2, 0) is 10.1 Å². The fourth-order valence-electron chi connectivity index (χ4n) is 2.49. The van der Waals surface area contributed by atoms with Crippen LogP contribution in [0.2, 0.25) is 0 Å². The second kappa shape index (κ2) is 7.79. The zero-order valence-corrected chi connectivity index (χ0v) is 14.7. The summed E-state index contributed by atoms with van der Waals surface area (Å²) >= 11 is 0. The average Bonchev–Trinajstić information content (AvgIpc) is 2.67. The van der Waals surface area contributed by atoms with Gasteiger partial charge in [0.1, 0.15) is 4.90 Å². The first-order valence-corrected chi connectivity index (χ1v) is 9.16. The monoisotopic (exact) mass is 379 g/mol. The molecule has 0 aliphatic rings. The Balaban J connectivity index is 2.28. The van der Waals surface area contributed by atoms with Crippen LogP contribution in [0.3, 0.4) is 0 Å². The number of hydrogen-bond acceptors (Lipinski definition) is 5. The van der Waals surface area contributed by atoms with Gasteiger partial charge in [-0.3, -0.25) is 4.55 Å². The van der Waals surface area contributed by atoms with Gasteiger partial charge in [-0.25, -0.2) is 0 Å². The largest absolute Gasteiger partial charge is 0.295 e. The highest BCUT2D eigenvalue weighted by molar-refractivity contribution is 7.86. The van der Waals surface area contributed by atoms with Gasteiger partial charge in [-0.15, -0.1) is 0 Å². The van der Waals surface area contributed by atoms with Crippen molar-refractivity contribution in [3.63, 3.8) is 0 Å². The van der Waals surface area contributed by atoms with Gasteiger partial charge in [-0.2, -0.15) is 18.6 Å². The molecule has 0 bridgehead atoms. The van der Waals surface area contributed by atoms with E-state index in [0.29, 0.717) is 11.3 Å². The highest BCUT2D eigenvalue weighted by Gasteiger charge is 2.22. The Morgan fingerprint density at radius 3 is 2.07 bits per heavy atom. The van der Waals surface area contributed by atoms with Gasteiger partial charge in [0.25, 0.3) is 10.1 Å². The summed E-state index contributed by atoms with van der Waals surface area (Å²) in [7, 11) is -4.56. The number of benzene rings is 3. The molecule has 134 valence electrons. The Bertz CT molecular complexity index is 1140. The minimum atomic E-state index is -4.56. The van der Waals surface area contributed by atoms with Gasteiger partial charge >= 0.3 is 0 Å². The molecule has 3 aromatic rings. The number of rotatable bonds is 5. The van der Waals surface area contributed by atoms with E-state index in [9.17, 15) is 13.0 Å². The lowest BCUT2D eigenvalue weighted by molar-refractivity contribution is 0.483. The SMILES string of the molecule is [N-]=[N+]=Nc1c(N=Nc2ccccc2)ccc(S(=O)(=O)O)c1-c1ccccc1. The second-order valence-electron chi connectivity index (χ2n) is 5.37. The van der Waals surface area contributed by atoms with Crippen LogP contribution in [0.5, 0.6) is 0 Å². The first-order chi connectivity index (χ1) is 13.0. The van der Waals surface area contributed by atoms with Gasteiger partial charge in [0.05, 0.1) is 17.1 Å². The minimum Gasteiger partial charge on any atom is -0.282 e. The summed E-state index contributed by atoms with van der Waals surface area (Å²) in [6.45, 7) is 0. The molecule has 0 aromatic heterocycles. The normalized spacial score (nSPS) is 11.3. The van der Waals surface area contributed by atoms with E-state index in [1.807, 2.05) is 6.07 Å². The zero-order valence-electron chi connectivity index (χ0n) is 13.8. The summed E-state index contributed by atoms with van der Waals surface area (Å²) in [5.41, 5.74) is 10.2. The zero-order chi connectivity index (χ0) is 19.3. The van der Waals surface area contributed by atoms with Gasteiger partial charge in [0.2, 0.25) is 0 Å². The molecule has 27 heavy (non-hydrogen) atoms. The molecule has 3 rings (SSSR count). The van der Waals surface area contributed by atoms with Crippen molar-refractivity contribution in [1.29, 1.82) is 0 Å². The lowest BCUT2D eigenvalue weighted by Crippen LogP contribution is -2.01. The topological polar surface area (TPSA) is 128 Å². The molecule has 0 aliphatic heterocycles. The summed E-state index contributed by atoms with van der Waals surface area (Å²) in [6, 6.07) is 19.8. The molecular formula is C18H13N5O3S. The molecule has 0 radical (unpaired) electrons. The first kappa shape index (κ1) is 18.3. The molecule has 0 amide bonds. The molecule has 3 aromatic carbocycles. The average molecular weight is 379 g/mol. The molecule has 0 unspecified atom stereocenters. The number of hydrogen-bond donors (Lipinski definition) is 1. The van der Waals surface area contributed by atoms with E-state index in [-0.39, 0.29) is 21.8 Å². The van der Waals surface area contributed by atoms with E-state index in [1.165, 1.54) is 12.1 Å². The standard InChI is InChI=1S/C18H13N5O3S/c19-23-22-18-15(21-20-14-9-5-2-6-10-14)11-12-16(27(24,25)26)17(18)13-7-3-1-4-8-13/h1-12H,(H,24,25,26). The van der Waals surface area contributed by atoms with E-state index in [0.717, 1.165) is 0 Å². The number of azide groups is 1. The Morgan fingerprint density at radius 1 is 0.852 bits per heavy atom. The van der Waals surface area contributed by atoms with Crippen molar-refractivity contribution in [3.8, 4) is 11.1 Å². The van der Waals surface area contributed by atoms with Crippen molar-refractivity contribution in [1.82, 2.24) is 0 Å². The summed E-state index contributed by atoms with van der Waals surface area (Å²) in [5.74, 6) is 0. The Morgan fingerprint density at radius 2 is 1.48 bits per heavy atom. The maximum Gasteiger partial charge on any atom is 0.295 e. The Labute approximate surface area is 155 Å². The van der Waals surface area contributed by atoms with Crippen LogP contribution < -0.4 is 0 Å². The molecule has 0 spiro atoms. The maximum atomic E-state index is 11.8. The molecule has 0 atom stereocenters. The predicted octanol–water partition coefficient (Wildman–Crippen LogP) is 5.96. The third kappa shape index (κ3) is 4.18. The predicted molar refractivity (Wildman–Crippen MR) is 101 cm³/mol. The lowest BCUT2D eigenvalue weighted by atomic mass is 10.0. The van der Waals surface area contributed by atoms with Crippen molar-refractivity contribution >= 4 is 27.2 Å². The quantitative estimate of drug-likeness (QED) is 0.254. The van der Waals surface area contributed by atoms with Gasteiger partial charge in [-0.1, -0.05) is 53.6 Å². The number of azo groups is 1. The van der Waals surface area contributed by atoms with Gasteiger partial charge in [0, 0.05) is 10.5 Å². The fraction of sp³-hybridized carbons (Fsp3) is 0. The molecule has 0 fully saturated rings. The van der Waals surface area contributed by atoms with E-state index in [2.05, 4.69) is 20.3 Å². The summed E-state index contributed by atoms with van der Waals surface area (Å²) in [5, 5.41) is 11.8. The van der Waals surface area contributed by atoms with E-state index >= 15 is 0 Å². The summed E-state index contributed by atoms with van der Waals surface area (Å²) in [4.78, 5) is 2.40. The molecular weight excluding hydrogens is 366 g/mol. The molecule has 8 nitrogen and oxygen atoms in total. The van der Waals surface area contributed by atoms with E-state index in [1.54, 1.807) is 54.6 Å². The van der Waals surface area contributed by atoms with Crippen LogP contribution in [0, 0.1) is 0 Å². The fourth-order valence-corrected chi connectivity index (χ4v) is 3.21. The van der Waals surface area contributed by atoms with Gasteiger partial charge in [0.15, 0.2) is 0 Å². The third-order valence-corrected chi connectivity index (χ3v) is 4.53. The van der Waals surface area contributed by atoms with Crippen molar-refractivity contribution < 1.29 is 13.0 Å². The second-order valence-corrected chi connectivity index (χ2v) is 6.76. The van der Waals surface area contributed by atoms with Crippen LogP contribution >= 0.6 is 0 Å². The van der Waals surface area contributed by atoms with Crippen LogP contribution in [-0.4, -0.2) is 13.0 Å². The highest BCUT2D eigenvalue weighted by Crippen LogP contribution is 2.43. The minimum absolute atomic E-state index is 0.0430. The molecule has 0 aliphatic carbocycles. The Hall–Kier alpha value is -3.52. The van der Waals surface area contributed by atoms with Crippen LogP contribution in [0.4, 0.5) is 17.1 Å². The van der Waals surface area contributed by atoms with Crippen molar-refractivity contribution in [2.45, 2.75) is 4.90 Å². The van der Waals surface area contributed by atoms with Crippen molar-refractivity contribution in [2.24, 2.45) is 15.3 Å². The summed E-state index contributed by atoms with van der Waals surface area (Å²) < 4.78 is 33.3. The van der Waals surface area contributed by atoms with E-state index in [4.69, 9.17) is 5.53 Å². The van der Waals surface area contributed by atoms with Crippen LogP contribution in [0.25, 0.3) is 21.6 Å². The molecule has 0 saturated heterocycles. The molecule has 1 N–H and O–H groups in total. The van der Waals surface area contributed by atoms with Crippen LogP contribution in [0.1, 0.15) is 0 Å². The van der Waals surface area contributed by atoms with Crippen LogP contribution in [0.15, 0.2) is 93.0 Å². The molecule has 0 heterocycles. The van der Waals surface area contributed by atoms with Crippen molar-refractivity contribution in [3.05, 3.63) is 83.2 Å². The third-order valence-electron chi connectivity index (χ3n) is 3.63. The summed E-state index contributed by atoms with van der Waals surface area (Å²) in [6.07, 6.45) is 0. The highest BCUT2D eigenvalue weighted by atomic mass is 32.2. The molecule has 9 heteroatoms. The number of nitrogens with zero attached hydrogens (tertiary/aromatic N) is 5. The maximum absolute atomic E-state index is 11.8. The Kier molecular flexibility index (Phi) is 5.28. The molecule has 0 saturated carbocycles. The lowest BCUT2D eigenvalue weighted by Gasteiger charge is -2.12. The van der Waals surface area contributed by atoms with E-state index < -0.39 is 10.1 Å². The van der Waals surface area contributed by atoms with Gasteiger partial charge < -0.3 is 0 Å². The first-order valence-electron chi connectivity index (χ1n) is 7.72.